The molecule has 2 rings (SSSR count). The molecule has 0 aromatic heterocycles. The summed E-state index contributed by atoms with van der Waals surface area (Å²) in [6, 6.07) is 9.95. The van der Waals surface area contributed by atoms with Gasteiger partial charge in [-0.15, -0.1) is 0 Å². The van der Waals surface area contributed by atoms with Gasteiger partial charge in [0.1, 0.15) is 11.6 Å². The number of hydrogen-bond donors (Lipinski definition) is 2. The van der Waals surface area contributed by atoms with Crippen LogP contribution in [0.2, 0.25) is 0 Å². The van der Waals surface area contributed by atoms with Crippen LogP contribution in [0.5, 0.6) is 0 Å². The van der Waals surface area contributed by atoms with E-state index in [1.54, 1.807) is 0 Å². The van der Waals surface area contributed by atoms with E-state index in [0.29, 0.717) is 12.5 Å². The number of amides is 1. The molecule has 1 saturated heterocycles. The van der Waals surface area contributed by atoms with Crippen molar-refractivity contribution in [3.05, 3.63) is 41.6 Å². The van der Waals surface area contributed by atoms with Crippen molar-refractivity contribution in [2.75, 3.05) is 44.7 Å². The highest BCUT2D eigenvalue weighted by molar-refractivity contribution is 5.97. The highest BCUT2D eigenvalue weighted by Gasteiger charge is 2.13. The number of carbonyl (C=O) groups excluding carboxylic acids is 1. The largest absolute Gasteiger partial charge is 0.379 e. The Morgan fingerprint density at radius 2 is 2.12 bits per heavy atom. The van der Waals surface area contributed by atoms with Crippen molar-refractivity contribution in [2.45, 2.75) is 26.2 Å². The maximum Gasteiger partial charge on any atom is 0.263 e. The Balaban J connectivity index is 1.91. The predicted molar refractivity (Wildman–Crippen MR) is 103 cm³/mol. The maximum atomic E-state index is 12.2. The minimum absolute atomic E-state index is 0.0749. The molecule has 6 nitrogen and oxygen atoms in total. The second-order valence-corrected chi connectivity index (χ2v) is 6.42. The zero-order valence-corrected chi connectivity index (χ0v) is 15.6. The molecule has 1 unspecified atom stereocenters. The summed E-state index contributed by atoms with van der Waals surface area (Å²) in [7, 11) is 0. The first kappa shape index (κ1) is 20.0. The summed E-state index contributed by atoms with van der Waals surface area (Å²) < 4.78 is 5.30. The van der Waals surface area contributed by atoms with Gasteiger partial charge in [0.15, 0.2) is 0 Å². The molecule has 140 valence electrons. The van der Waals surface area contributed by atoms with E-state index in [1.807, 2.05) is 24.3 Å². The Labute approximate surface area is 155 Å². The summed E-state index contributed by atoms with van der Waals surface area (Å²) in [4.78, 5) is 14.5. The number of nitrogens with one attached hydrogen (secondary N) is 2. The van der Waals surface area contributed by atoms with Gasteiger partial charge in [-0.2, -0.15) is 5.26 Å². The molecule has 0 aliphatic carbocycles. The molecule has 0 radical (unpaired) electrons. The number of rotatable bonds is 8. The van der Waals surface area contributed by atoms with Gasteiger partial charge in [-0.1, -0.05) is 32.0 Å². The van der Waals surface area contributed by atoms with E-state index in [4.69, 9.17) is 4.74 Å². The van der Waals surface area contributed by atoms with Crippen molar-refractivity contribution in [3.8, 4) is 6.07 Å². The van der Waals surface area contributed by atoms with Gasteiger partial charge in [-0.25, -0.2) is 0 Å². The Morgan fingerprint density at radius 1 is 1.38 bits per heavy atom. The van der Waals surface area contributed by atoms with E-state index in [-0.39, 0.29) is 11.5 Å². The third kappa shape index (κ3) is 5.87. The quantitative estimate of drug-likeness (QED) is 0.553. The van der Waals surface area contributed by atoms with Gasteiger partial charge in [0.05, 0.1) is 13.2 Å². The molecular formula is C20H28N4O2. The van der Waals surface area contributed by atoms with Crippen LogP contribution < -0.4 is 10.6 Å². The van der Waals surface area contributed by atoms with Crippen LogP contribution >= 0.6 is 0 Å². The van der Waals surface area contributed by atoms with Crippen LogP contribution in [0.25, 0.3) is 0 Å². The number of benzene rings is 1. The summed E-state index contributed by atoms with van der Waals surface area (Å²) in [5.41, 5.74) is 2.18. The molecule has 6 heteroatoms. The van der Waals surface area contributed by atoms with Gasteiger partial charge >= 0.3 is 0 Å². The molecule has 1 aliphatic rings. The topological polar surface area (TPSA) is 77.4 Å². The standard InChI is InChI=1S/C20H28N4O2/c1-3-16(2)18-6-4-5-7-19(18)23-15-17(14-21)20(25)22-8-9-24-10-12-26-13-11-24/h4-7,15-16,23H,3,8-13H2,1-2H3,(H,22,25)/b17-15-. The summed E-state index contributed by atoms with van der Waals surface area (Å²) in [5.74, 6) is 0.0502. The van der Waals surface area contributed by atoms with Crippen LogP contribution in [-0.2, 0) is 9.53 Å². The normalized spacial score (nSPS) is 16.6. The first-order valence-corrected chi connectivity index (χ1v) is 9.19. The number of hydrogen-bond acceptors (Lipinski definition) is 5. The number of nitriles is 1. The smallest absolute Gasteiger partial charge is 0.263 e. The Bertz CT molecular complexity index is 660. The zero-order valence-electron chi connectivity index (χ0n) is 15.6. The van der Waals surface area contributed by atoms with Gasteiger partial charge in [0.25, 0.3) is 5.91 Å². The summed E-state index contributed by atoms with van der Waals surface area (Å²) >= 11 is 0. The highest BCUT2D eigenvalue weighted by atomic mass is 16.5. The van der Waals surface area contributed by atoms with Gasteiger partial charge in [0, 0.05) is 38.1 Å². The molecule has 0 bridgehead atoms. The van der Waals surface area contributed by atoms with Crippen LogP contribution in [0, 0.1) is 11.3 Å². The average molecular weight is 356 g/mol. The minimum atomic E-state index is -0.353. The van der Waals surface area contributed by atoms with Crippen molar-refractivity contribution in [1.29, 1.82) is 5.26 Å². The SMILES string of the molecule is CCC(C)c1ccccc1N/C=C(/C#N)C(=O)NCCN1CCOCC1. The third-order valence-electron chi connectivity index (χ3n) is 4.66. The maximum absolute atomic E-state index is 12.2. The lowest BCUT2D eigenvalue weighted by Crippen LogP contribution is -2.41. The fourth-order valence-corrected chi connectivity index (χ4v) is 2.82. The summed E-state index contributed by atoms with van der Waals surface area (Å²) in [6.45, 7) is 8.80. The van der Waals surface area contributed by atoms with Gasteiger partial charge in [-0.05, 0) is 24.0 Å². The van der Waals surface area contributed by atoms with Crippen molar-refractivity contribution >= 4 is 11.6 Å². The van der Waals surface area contributed by atoms with Gasteiger partial charge in [0.2, 0.25) is 0 Å². The number of carbonyl (C=O) groups is 1. The van der Waals surface area contributed by atoms with E-state index in [9.17, 15) is 10.1 Å². The van der Waals surface area contributed by atoms with E-state index in [0.717, 1.165) is 45.0 Å². The molecule has 0 saturated carbocycles. The molecule has 1 heterocycles. The number of para-hydroxylation sites is 1. The molecule has 1 aromatic rings. The molecule has 2 N–H and O–H groups in total. The van der Waals surface area contributed by atoms with Crippen LogP contribution in [-0.4, -0.2) is 50.2 Å². The molecule has 1 atom stereocenters. The van der Waals surface area contributed by atoms with Gasteiger partial charge in [-0.3, -0.25) is 9.69 Å². The van der Waals surface area contributed by atoms with Crippen molar-refractivity contribution in [3.63, 3.8) is 0 Å². The van der Waals surface area contributed by atoms with E-state index in [2.05, 4.69) is 35.4 Å². The molecule has 1 aromatic carbocycles. The average Bonchev–Trinajstić information content (AvgIpc) is 2.69. The number of ether oxygens (including phenoxy) is 1. The zero-order chi connectivity index (χ0) is 18.8. The molecular weight excluding hydrogens is 328 g/mol. The summed E-state index contributed by atoms with van der Waals surface area (Å²) in [5, 5.41) is 15.2. The van der Waals surface area contributed by atoms with Crippen molar-refractivity contribution in [1.82, 2.24) is 10.2 Å². The fraction of sp³-hybridized carbons (Fsp3) is 0.500. The lowest BCUT2D eigenvalue weighted by atomic mass is 9.97. The minimum Gasteiger partial charge on any atom is -0.379 e. The Morgan fingerprint density at radius 3 is 2.81 bits per heavy atom. The predicted octanol–water partition coefficient (Wildman–Crippen LogP) is 2.47. The molecule has 1 amide bonds. The number of morpholine rings is 1. The van der Waals surface area contributed by atoms with Crippen LogP contribution in [0.4, 0.5) is 5.69 Å². The van der Waals surface area contributed by atoms with Crippen molar-refractivity contribution < 1.29 is 9.53 Å². The van der Waals surface area contributed by atoms with E-state index >= 15 is 0 Å². The molecule has 26 heavy (non-hydrogen) atoms. The number of anilines is 1. The van der Waals surface area contributed by atoms with Gasteiger partial charge < -0.3 is 15.4 Å². The van der Waals surface area contributed by atoms with Crippen LogP contribution in [0.3, 0.4) is 0 Å². The fourth-order valence-electron chi connectivity index (χ4n) is 2.82. The van der Waals surface area contributed by atoms with Crippen LogP contribution in [0.1, 0.15) is 31.7 Å². The highest BCUT2D eigenvalue weighted by Crippen LogP contribution is 2.26. The van der Waals surface area contributed by atoms with E-state index in [1.165, 1.54) is 11.8 Å². The first-order chi connectivity index (χ1) is 12.7. The van der Waals surface area contributed by atoms with Crippen molar-refractivity contribution in [2.24, 2.45) is 0 Å². The lowest BCUT2D eigenvalue weighted by Gasteiger charge is -2.26. The second kappa shape index (κ2) is 10.6. The van der Waals surface area contributed by atoms with E-state index < -0.39 is 0 Å². The Kier molecular flexibility index (Phi) is 8.13. The number of nitrogens with zero attached hydrogens (tertiary/aromatic N) is 2. The third-order valence-corrected chi connectivity index (χ3v) is 4.66. The monoisotopic (exact) mass is 356 g/mol. The summed E-state index contributed by atoms with van der Waals surface area (Å²) in [6.07, 6.45) is 2.51. The molecule has 0 spiro atoms. The Hall–Kier alpha value is -2.36. The second-order valence-electron chi connectivity index (χ2n) is 6.42. The first-order valence-electron chi connectivity index (χ1n) is 9.19. The van der Waals surface area contributed by atoms with Crippen LogP contribution in [0.15, 0.2) is 36.0 Å². The lowest BCUT2D eigenvalue weighted by molar-refractivity contribution is -0.117. The molecule has 1 aliphatic heterocycles. The molecule has 1 fully saturated rings.